The minimum Gasteiger partial charge on any atom is -0.496 e. The Morgan fingerprint density at radius 2 is 1.92 bits per heavy atom. The predicted molar refractivity (Wildman–Crippen MR) is 145 cm³/mol. The molecule has 4 aromatic rings. The van der Waals surface area contributed by atoms with Crippen molar-refractivity contribution in [3.05, 3.63) is 71.5 Å². The Labute approximate surface area is 226 Å². The number of nitrogens with zero attached hydrogens (tertiary/aromatic N) is 4. The van der Waals surface area contributed by atoms with Gasteiger partial charge in [-0.2, -0.15) is 4.39 Å². The summed E-state index contributed by atoms with van der Waals surface area (Å²) < 4.78 is 26.1. The number of benzene rings is 1. The fraction of sp³-hybridized carbons (Fsp3) is 0.280. The molecule has 1 N–H and O–H groups in total. The van der Waals surface area contributed by atoms with Crippen molar-refractivity contribution in [1.82, 2.24) is 19.7 Å². The lowest BCUT2D eigenvalue weighted by atomic mass is 10.1. The van der Waals surface area contributed by atoms with Crippen LogP contribution in [0.1, 0.15) is 12.0 Å². The van der Waals surface area contributed by atoms with Crippen LogP contribution in [0.4, 0.5) is 10.1 Å². The van der Waals surface area contributed by atoms with E-state index in [0.717, 1.165) is 47.7 Å². The van der Waals surface area contributed by atoms with E-state index < -0.39 is 5.95 Å². The molecule has 7 nitrogen and oxygen atoms in total. The number of hydrogen-bond acceptors (Lipinski definition) is 6. The van der Waals surface area contributed by atoms with Crippen LogP contribution in [-0.2, 0) is 6.54 Å². The number of imidazole rings is 1. The van der Waals surface area contributed by atoms with Gasteiger partial charge in [0.25, 0.3) is 0 Å². The molecule has 0 aliphatic carbocycles. The summed E-state index contributed by atoms with van der Waals surface area (Å²) >= 11 is 6.36. The summed E-state index contributed by atoms with van der Waals surface area (Å²) in [7, 11) is 3.19. The van der Waals surface area contributed by atoms with Gasteiger partial charge in [-0.3, -0.25) is 0 Å². The third-order valence-electron chi connectivity index (χ3n) is 6.13. The summed E-state index contributed by atoms with van der Waals surface area (Å²) in [4.78, 5) is 10.8. The number of aromatic nitrogens is 3. The number of nitrogens with one attached hydrogen (secondary N) is 1. The van der Waals surface area contributed by atoms with Crippen LogP contribution in [0.5, 0.6) is 11.5 Å². The van der Waals surface area contributed by atoms with Crippen molar-refractivity contribution in [3.8, 4) is 22.8 Å². The van der Waals surface area contributed by atoms with E-state index in [0.29, 0.717) is 29.1 Å². The molecule has 0 amide bonds. The molecule has 0 spiro atoms. The van der Waals surface area contributed by atoms with Crippen LogP contribution in [-0.4, -0.2) is 47.7 Å². The summed E-state index contributed by atoms with van der Waals surface area (Å²) in [6.45, 7) is 2.43. The van der Waals surface area contributed by atoms with E-state index in [9.17, 15) is 4.39 Å². The van der Waals surface area contributed by atoms with E-state index in [1.165, 1.54) is 12.3 Å². The molecule has 0 unspecified atom stereocenters. The van der Waals surface area contributed by atoms with Crippen LogP contribution in [0.15, 0.2) is 55.0 Å². The SMILES string of the molecule is COc1cc(OC)c(-c2cn3ccc(N4CC[C@H](NCc5ccnc(F)c5)C4)cc3n2)cc1Cl.Cl.Cl. The molecule has 1 aliphatic heterocycles. The van der Waals surface area contributed by atoms with Gasteiger partial charge in [0.2, 0.25) is 5.95 Å². The van der Waals surface area contributed by atoms with Gasteiger partial charge in [0.1, 0.15) is 17.1 Å². The summed E-state index contributed by atoms with van der Waals surface area (Å²) in [5, 5.41) is 4.02. The van der Waals surface area contributed by atoms with Crippen molar-refractivity contribution in [2.75, 3.05) is 32.2 Å². The Morgan fingerprint density at radius 3 is 2.67 bits per heavy atom. The monoisotopic (exact) mass is 553 g/mol. The average molecular weight is 555 g/mol. The van der Waals surface area contributed by atoms with Gasteiger partial charge in [0.05, 0.1) is 24.9 Å². The number of rotatable bonds is 7. The predicted octanol–water partition coefficient (Wildman–Crippen LogP) is 5.42. The Kier molecular flexibility index (Phi) is 9.24. The third-order valence-corrected chi connectivity index (χ3v) is 6.43. The number of methoxy groups -OCH3 is 2. The molecule has 1 fully saturated rings. The minimum atomic E-state index is -0.450. The van der Waals surface area contributed by atoms with Crippen molar-refractivity contribution >= 4 is 47.7 Å². The van der Waals surface area contributed by atoms with Crippen LogP contribution in [0.25, 0.3) is 16.9 Å². The second kappa shape index (κ2) is 12.0. The highest BCUT2D eigenvalue weighted by Gasteiger charge is 2.23. The van der Waals surface area contributed by atoms with Gasteiger partial charge in [0, 0.05) is 67.7 Å². The highest BCUT2D eigenvalue weighted by molar-refractivity contribution is 6.32. The highest BCUT2D eigenvalue weighted by atomic mass is 35.5. The molecular weight excluding hydrogens is 528 g/mol. The molecule has 4 heterocycles. The van der Waals surface area contributed by atoms with Crippen LogP contribution < -0.4 is 19.7 Å². The first-order chi connectivity index (χ1) is 16.5. The molecule has 0 radical (unpaired) electrons. The average Bonchev–Trinajstić information content (AvgIpc) is 3.49. The number of anilines is 1. The zero-order chi connectivity index (χ0) is 23.7. The first-order valence-corrected chi connectivity index (χ1v) is 11.4. The Bertz CT molecular complexity index is 1340. The fourth-order valence-electron chi connectivity index (χ4n) is 4.33. The summed E-state index contributed by atoms with van der Waals surface area (Å²) in [6.07, 6.45) is 6.48. The summed E-state index contributed by atoms with van der Waals surface area (Å²) in [5.74, 6) is 0.751. The van der Waals surface area contributed by atoms with Crippen LogP contribution >= 0.6 is 36.4 Å². The van der Waals surface area contributed by atoms with Crippen molar-refractivity contribution in [2.24, 2.45) is 0 Å². The van der Waals surface area contributed by atoms with Crippen molar-refractivity contribution in [1.29, 1.82) is 0 Å². The highest BCUT2D eigenvalue weighted by Crippen LogP contribution is 2.38. The topological polar surface area (TPSA) is 63.9 Å². The molecule has 36 heavy (non-hydrogen) atoms. The van der Waals surface area contributed by atoms with Gasteiger partial charge in [-0.1, -0.05) is 11.6 Å². The van der Waals surface area contributed by atoms with Crippen LogP contribution in [0, 0.1) is 5.95 Å². The smallest absolute Gasteiger partial charge is 0.213 e. The molecular formula is C25H27Cl3FN5O2. The van der Waals surface area contributed by atoms with Crippen LogP contribution in [0.2, 0.25) is 5.02 Å². The number of halogens is 4. The zero-order valence-electron chi connectivity index (χ0n) is 19.8. The van der Waals surface area contributed by atoms with Crippen molar-refractivity contribution in [2.45, 2.75) is 19.0 Å². The maximum Gasteiger partial charge on any atom is 0.213 e. The summed E-state index contributed by atoms with van der Waals surface area (Å²) in [6, 6.07) is 11.4. The zero-order valence-corrected chi connectivity index (χ0v) is 22.2. The molecule has 1 aliphatic rings. The Hall–Kier alpha value is -2.78. The lowest BCUT2D eigenvalue weighted by Gasteiger charge is -2.19. The standard InChI is InChI=1S/C25H25ClFN5O2.2ClH/c1-33-22-12-23(34-2)20(26)11-19(22)21-15-32-8-5-18(10-25(32)30-21)31-7-4-17(14-31)29-13-16-3-6-28-24(27)9-16;;/h3,5-6,8-12,15,17,29H,4,7,13-14H2,1-2H3;2*1H/t17-;;/m0../s1. The maximum atomic E-state index is 13.3. The van der Waals surface area contributed by atoms with Gasteiger partial charge < -0.3 is 24.1 Å². The Balaban J connectivity index is 0.00000180. The molecule has 1 atom stereocenters. The van der Waals surface area contributed by atoms with Gasteiger partial charge in [-0.05, 0) is 36.2 Å². The lowest BCUT2D eigenvalue weighted by molar-refractivity contribution is 0.395. The van der Waals surface area contributed by atoms with Crippen molar-refractivity contribution < 1.29 is 13.9 Å². The number of pyridine rings is 2. The van der Waals surface area contributed by atoms with Crippen molar-refractivity contribution in [3.63, 3.8) is 0 Å². The fourth-order valence-corrected chi connectivity index (χ4v) is 4.57. The minimum absolute atomic E-state index is 0. The molecule has 1 saturated heterocycles. The molecule has 3 aromatic heterocycles. The molecule has 0 saturated carbocycles. The molecule has 0 bridgehead atoms. The Morgan fingerprint density at radius 1 is 1.11 bits per heavy atom. The van der Waals surface area contributed by atoms with Gasteiger partial charge in [-0.15, -0.1) is 24.8 Å². The van der Waals surface area contributed by atoms with Gasteiger partial charge in [0.15, 0.2) is 0 Å². The van der Waals surface area contributed by atoms with Crippen LogP contribution in [0.3, 0.4) is 0 Å². The molecule has 5 rings (SSSR count). The largest absolute Gasteiger partial charge is 0.496 e. The third kappa shape index (κ3) is 5.78. The van der Waals surface area contributed by atoms with E-state index in [1.54, 1.807) is 20.3 Å². The van der Waals surface area contributed by atoms with Gasteiger partial charge >= 0.3 is 0 Å². The number of hydrogen-bond donors (Lipinski definition) is 1. The van der Waals surface area contributed by atoms with E-state index in [4.69, 9.17) is 26.1 Å². The number of fused-ring (bicyclic) bond motifs is 1. The first kappa shape index (κ1) is 27.8. The van der Waals surface area contributed by atoms with E-state index >= 15 is 0 Å². The van der Waals surface area contributed by atoms with Gasteiger partial charge in [-0.25, -0.2) is 9.97 Å². The quantitative estimate of drug-likeness (QED) is 0.308. The second-order valence-corrected chi connectivity index (χ2v) is 8.67. The second-order valence-electron chi connectivity index (χ2n) is 8.26. The van der Waals surface area contributed by atoms with E-state index in [-0.39, 0.29) is 24.8 Å². The first-order valence-electron chi connectivity index (χ1n) is 11.0. The molecule has 1 aromatic carbocycles. The van der Waals surface area contributed by atoms with E-state index in [2.05, 4.69) is 27.3 Å². The summed E-state index contributed by atoms with van der Waals surface area (Å²) in [5.41, 5.74) is 4.42. The maximum absolute atomic E-state index is 13.3. The molecule has 192 valence electrons. The lowest BCUT2D eigenvalue weighted by Crippen LogP contribution is -2.32. The number of ether oxygens (including phenoxy) is 2. The normalized spacial score (nSPS) is 14.9. The molecule has 11 heteroatoms. The van der Waals surface area contributed by atoms with E-state index in [1.807, 2.05) is 28.9 Å².